The topological polar surface area (TPSA) is 81.7 Å². The predicted octanol–water partition coefficient (Wildman–Crippen LogP) is 5.35. The second kappa shape index (κ2) is 9.30. The Hall–Kier alpha value is -4.45. The van der Waals surface area contributed by atoms with Crippen molar-refractivity contribution >= 4 is 23.4 Å². The molecule has 5 rings (SSSR count). The third-order valence-corrected chi connectivity index (χ3v) is 6.46. The number of fused-ring (bicyclic) bond motifs is 2. The SMILES string of the molecule is CCOC(=O)C1=C(C)NC2=C(C(=O)c3ccccc32)[C@@H]1c1ccc(OC(=O)c2ccc(C)cc2)cc1. The maximum absolute atomic E-state index is 13.5. The molecule has 1 N–H and O–H groups in total. The molecule has 2 aliphatic rings. The quantitative estimate of drug-likeness (QED) is 0.393. The van der Waals surface area contributed by atoms with E-state index in [1.807, 2.05) is 44.2 Å². The van der Waals surface area contributed by atoms with Gasteiger partial charge in [0.2, 0.25) is 0 Å². The Morgan fingerprint density at radius 3 is 2.19 bits per heavy atom. The minimum atomic E-state index is -0.623. The van der Waals surface area contributed by atoms with Gasteiger partial charge < -0.3 is 14.8 Å². The highest BCUT2D eigenvalue weighted by Crippen LogP contribution is 2.46. The zero-order valence-electron chi connectivity index (χ0n) is 20.3. The van der Waals surface area contributed by atoms with E-state index in [0.717, 1.165) is 16.7 Å². The fraction of sp³-hybridized carbons (Fsp3) is 0.167. The van der Waals surface area contributed by atoms with Crippen LogP contribution in [0.2, 0.25) is 0 Å². The molecule has 0 aromatic heterocycles. The van der Waals surface area contributed by atoms with Gasteiger partial charge in [0.1, 0.15) is 5.75 Å². The Balaban J connectivity index is 1.51. The van der Waals surface area contributed by atoms with E-state index in [-0.39, 0.29) is 12.4 Å². The molecule has 1 heterocycles. The molecular weight excluding hydrogens is 454 g/mol. The van der Waals surface area contributed by atoms with Gasteiger partial charge in [-0.3, -0.25) is 4.79 Å². The van der Waals surface area contributed by atoms with E-state index in [1.54, 1.807) is 49.4 Å². The molecule has 6 heteroatoms. The lowest BCUT2D eigenvalue weighted by Gasteiger charge is -2.29. The van der Waals surface area contributed by atoms with Crippen LogP contribution >= 0.6 is 0 Å². The smallest absolute Gasteiger partial charge is 0.343 e. The second-order valence-corrected chi connectivity index (χ2v) is 8.81. The number of rotatable bonds is 5. The molecule has 0 amide bonds. The van der Waals surface area contributed by atoms with Crippen LogP contribution in [0.25, 0.3) is 5.70 Å². The summed E-state index contributed by atoms with van der Waals surface area (Å²) in [6, 6.07) is 21.5. The monoisotopic (exact) mass is 479 g/mol. The van der Waals surface area contributed by atoms with Crippen molar-refractivity contribution in [1.29, 1.82) is 0 Å². The number of ketones is 1. The van der Waals surface area contributed by atoms with Crippen LogP contribution in [0.1, 0.15) is 57.2 Å². The summed E-state index contributed by atoms with van der Waals surface area (Å²) in [7, 11) is 0. The molecule has 0 bridgehead atoms. The molecule has 180 valence electrons. The normalized spacial score (nSPS) is 16.3. The van der Waals surface area contributed by atoms with Crippen LogP contribution in [0, 0.1) is 6.92 Å². The van der Waals surface area contributed by atoms with Gasteiger partial charge in [0.05, 0.1) is 23.4 Å². The Labute approximate surface area is 209 Å². The maximum atomic E-state index is 13.5. The molecule has 0 spiro atoms. The van der Waals surface area contributed by atoms with Gasteiger partial charge in [0.25, 0.3) is 0 Å². The van der Waals surface area contributed by atoms with Crippen LogP contribution in [-0.2, 0) is 9.53 Å². The van der Waals surface area contributed by atoms with Gasteiger partial charge in [-0.2, -0.15) is 0 Å². The number of carbonyl (C=O) groups is 3. The fourth-order valence-electron chi connectivity index (χ4n) is 4.73. The number of ether oxygens (including phenoxy) is 2. The third-order valence-electron chi connectivity index (χ3n) is 6.46. The lowest BCUT2D eigenvalue weighted by atomic mass is 9.80. The van der Waals surface area contributed by atoms with Gasteiger partial charge in [-0.25, -0.2) is 9.59 Å². The molecular formula is C30H25NO5. The number of hydrogen-bond donors (Lipinski definition) is 1. The number of carbonyl (C=O) groups excluding carboxylic acids is 3. The van der Waals surface area contributed by atoms with E-state index in [2.05, 4.69) is 5.32 Å². The standard InChI is InChI=1S/C30H25NO5/c1-4-35-30(34)24-18(3)31-27-22-7-5-6-8-23(22)28(32)26(27)25(24)19-13-15-21(16-14-19)36-29(33)20-11-9-17(2)10-12-20/h5-16,25,31H,4H2,1-3H3/t25-/m1/s1. The van der Waals surface area contributed by atoms with Crippen molar-refractivity contribution in [3.63, 3.8) is 0 Å². The Bertz CT molecular complexity index is 1450. The summed E-state index contributed by atoms with van der Waals surface area (Å²) in [6.45, 7) is 5.73. The van der Waals surface area contributed by atoms with E-state index in [4.69, 9.17) is 9.47 Å². The van der Waals surface area contributed by atoms with Crippen molar-refractivity contribution in [2.24, 2.45) is 0 Å². The van der Waals surface area contributed by atoms with Gasteiger partial charge >= 0.3 is 11.9 Å². The molecule has 0 unspecified atom stereocenters. The Kier molecular flexibility index (Phi) is 6.02. The summed E-state index contributed by atoms with van der Waals surface area (Å²) in [5.41, 5.74) is 5.89. The summed E-state index contributed by atoms with van der Waals surface area (Å²) in [5, 5.41) is 3.28. The molecule has 1 atom stereocenters. The largest absolute Gasteiger partial charge is 0.463 e. The van der Waals surface area contributed by atoms with E-state index in [1.165, 1.54) is 0 Å². The molecule has 6 nitrogen and oxygen atoms in total. The molecule has 3 aromatic carbocycles. The van der Waals surface area contributed by atoms with Gasteiger partial charge in [-0.1, -0.05) is 54.1 Å². The van der Waals surface area contributed by atoms with E-state index >= 15 is 0 Å². The number of benzene rings is 3. The van der Waals surface area contributed by atoms with Crippen LogP contribution in [0.3, 0.4) is 0 Å². The average Bonchev–Trinajstić information content (AvgIpc) is 3.16. The predicted molar refractivity (Wildman–Crippen MR) is 135 cm³/mol. The van der Waals surface area contributed by atoms with Gasteiger partial charge in [-0.15, -0.1) is 0 Å². The number of allylic oxidation sites excluding steroid dienone is 2. The first-order valence-corrected chi connectivity index (χ1v) is 11.8. The maximum Gasteiger partial charge on any atom is 0.343 e. The molecule has 0 fully saturated rings. The second-order valence-electron chi connectivity index (χ2n) is 8.81. The molecule has 0 saturated heterocycles. The van der Waals surface area contributed by atoms with Crippen molar-refractivity contribution in [2.75, 3.05) is 6.61 Å². The van der Waals surface area contributed by atoms with Crippen LogP contribution in [0.5, 0.6) is 5.75 Å². The van der Waals surface area contributed by atoms with Gasteiger partial charge in [0.15, 0.2) is 5.78 Å². The van der Waals surface area contributed by atoms with Gasteiger partial charge in [-0.05, 0) is 50.6 Å². The van der Waals surface area contributed by atoms with Gasteiger partial charge in [0, 0.05) is 28.3 Å². The minimum Gasteiger partial charge on any atom is -0.463 e. The first-order valence-electron chi connectivity index (χ1n) is 11.8. The van der Waals surface area contributed by atoms with Crippen LogP contribution in [0.15, 0.2) is 89.6 Å². The van der Waals surface area contributed by atoms with E-state index in [0.29, 0.717) is 39.4 Å². The fourth-order valence-corrected chi connectivity index (χ4v) is 4.73. The number of nitrogens with one attached hydrogen (secondary N) is 1. The van der Waals surface area contributed by atoms with Crippen LogP contribution in [0.4, 0.5) is 0 Å². The highest BCUT2D eigenvalue weighted by molar-refractivity contribution is 6.23. The zero-order valence-corrected chi connectivity index (χ0v) is 20.3. The average molecular weight is 480 g/mol. The van der Waals surface area contributed by atoms with Crippen molar-refractivity contribution in [2.45, 2.75) is 26.7 Å². The van der Waals surface area contributed by atoms with Crippen LogP contribution < -0.4 is 10.1 Å². The summed E-state index contributed by atoms with van der Waals surface area (Å²) in [5.74, 6) is -1.31. The highest BCUT2D eigenvalue weighted by atomic mass is 16.5. The Morgan fingerprint density at radius 2 is 1.53 bits per heavy atom. The van der Waals surface area contributed by atoms with Crippen molar-refractivity contribution in [1.82, 2.24) is 5.32 Å². The van der Waals surface area contributed by atoms with E-state index in [9.17, 15) is 14.4 Å². The van der Waals surface area contributed by atoms with Crippen molar-refractivity contribution in [3.05, 3.63) is 117 Å². The number of aryl methyl sites for hydroxylation is 1. The number of Topliss-reactive ketones (excluding diaryl/α,β-unsaturated/α-hetero) is 1. The molecule has 1 aliphatic carbocycles. The number of hydrogen-bond acceptors (Lipinski definition) is 6. The lowest BCUT2D eigenvalue weighted by molar-refractivity contribution is -0.138. The summed E-state index contributed by atoms with van der Waals surface area (Å²) < 4.78 is 10.9. The van der Waals surface area contributed by atoms with E-state index < -0.39 is 17.9 Å². The zero-order chi connectivity index (χ0) is 25.4. The Morgan fingerprint density at radius 1 is 0.861 bits per heavy atom. The van der Waals surface area contributed by atoms with Crippen LogP contribution in [-0.4, -0.2) is 24.3 Å². The summed E-state index contributed by atoms with van der Waals surface area (Å²) in [6.07, 6.45) is 0. The molecule has 36 heavy (non-hydrogen) atoms. The highest BCUT2D eigenvalue weighted by Gasteiger charge is 2.42. The van der Waals surface area contributed by atoms with Crippen molar-refractivity contribution < 1.29 is 23.9 Å². The molecule has 0 saturated carbocycles. The van der Waals surface area contributed by atoms with Crippen molar-refractivity contribution in [3.8, 4) is 5.75 Å². The number of esters is 2. The lowest BCUT2D eigenvalue weighted by Crippen LogP contribution is -2.29. The third kappa shape index (κ3) is 4.01. The first kappa shape index (κ1) is 23.3. The molecule has 0 radical (unpaired) electrons. The first-order chi connectivity index (χ1) is 17.4. The molecule has 3 aromatic rings. The summed E-state index contributed by atoms with van der Waals surface area (Å²) in [4.78, 5) is 39.1. The number of dihydropyridines is 1. The summed E-state index contributed by atoms with van der Waals surface area (Å²) >= 11 is 0. The molecule has 1 aliphatic heterocycles. The minimum absolute atomic E-state index is 0.123.